The average molecular weight is 339 g/mol. The van der Waals surface area contributed by atoms with Gasteiger partial charge in [-0.15, -0.1) is 0 Å². The summed E-state index contributed by atoms with van der Waals surface area (Å²) in [5, 5.41) is 0. The van der Waals surface area contributed by atoms with Crippen molar-refractivity contribution in [1.82, 2.24) is 4.90 Å². The molecule has 0 spiro atoms. The lowest BCUT2D eigenvalue weighted by molar-refractivity contribution is -0.112. The van der Waals surface area contributed by atoms with Crippen molar-refractivity contribution in [2.75, 3.05) is 37.9 Å². The van der Waals surface area contributed by atoms with Gasteiger partial charge in [0.2, 0.25) is 0 Å². The predicted octanol–water partition coefficient (Wildman–Crippen LogP) is 2.58. The number of hydrogen-bond acceptors (Lipinski definition) is 4. The number of nitrogens with zero attached hydrogens (tertiary/aromatic N) is 3. The highest BCUT2D eigenvalue weighted by Gasteiger charge is 2.35. The van der Waals surface area contributed by atoms with Crippen LogP contribution >= 0.6 is 0 Å². The van der Waals surface area contributed by atoms with Gasteiger partial charge in [0.1, 0.15) is 11.5 Å². The SMILES string of the molecule is O=C1C(=Nc2ccccc2F)c2ccccc2N1CN1CCOCC1. The second-order valence-electron chi connectivity index (χ2n) is 6.03. The van der Waals surface area contributed by atoms with E-state index in [2.05, 4.69) is 9.89 Å². The van der Waals surface area contributed by atoms with Crippen LogP contribution in [0.25, 0.3) is 0 Å². The van der Waals surface area contributed by atoms with Crippen LogP contribution in [0.15, 0.2) is 53.5 Å². The van der Waals surface area contributed by atoms with Gasteiger partial charge in [-0.25, -0.2) is 9.38 Å². The highest BCUT2D eigenvalue weighted by molar-refractivity contribution is 6.54. The van der Waals surface area contributed by atoms with Crippen molar-refractivity contribution < 1.29 is 13.9 Å². The minimum Gasteiger partial charge on any atom is -0.379 e. The van der Waals surface area contributed by atoms with Crippen molar-refractivity contribution in [3.63, 3.8) is 0 Å². The Labute approximate surface area is 145 Å². The molecule has 0 aliphatic carbocycles. The second kappa shape index (κ2) is 6.74. The first-order valence-corrected chi connectivity index (χ1v) is 8.28. The van der Waals surface area contributed by atoms with E-state index in [1.54, 1.807) is 23.1 Å². The van der Waals surface area contributed by atoms with Gasteiger partial charge >= 0.3 is 0 Å². The molecule has 4 rings (SSSR count). The molecule has 1 amide bonds. The van der Waals surface area contributed by atoms with E-state index < -0.39 is 5.82 Å². The topological polar surface area (TPSA) is 45.1 Å². The van der Waals surface area contributed by atoms with E-state index in [0.717, 1.165) is 24.3 Å². The quantitative estimate of drug-likeness (QED) is 0.863. The molecule has 2 aromatic rings. The number of rotatable bonds is 3. The van der Waals surface area contributed by atoms with Crippen LogP contribution < -0.4 is 4.90 Å². The molecule has 0 N–H and O–H groups in total. The van der Waals surface area contributed by atoms with E-state index in [4.69, 9.17) is 4.74 Å². The molecule has 1 saturated heterocycles. The lowest BCUT2D eigenvalue weighted by Gasteiger charge is -2.30. The summed E-state index contributed by atoms with van der Waals surface area (Å²) in [6.45, 7) is 3.38. The fourth-order valence-electron chi connectivity index (χ4n) is 3.12. The van der Waals surface area contributed by atoms with Crippen LogP contribution in [-0.4, -0.2) is 49.5 Å². The molecule has 0 radical (unpaired) electrons. The van der Waals surface area contributed by atoms with E-state index in [-0.39, 0.29) is 17.3 Å². The second-order valence-corrected chi connectivity index (χ2v) is 6.03. The van der Waals surface area contributed by atoms with Crippen LogP contribution in [0, 0.1) is 5.82 Å². The zero-order chi connectivity index (χ0) is 17.2. The zero-order valence-electron chi connectivity index (χ0n) is 13.7. The normalized spacial score (nSPS) is 19.5. The number of ether oxygens (including phenoxy) is 1. The molecule has 5 nitrogen and oxygen atoms in total. The third-order valence-corrected chi connectivity index (χ3v) is 4.43. The lowest BCUT2D eigenvalue weighted by atomic mass is 10.1. The molecular weight excluding hydrogens is 321 g/mol. The molecule has 2 aliphatic rings. The Bertz CT molecular complexity index is 831. The van der Waals surface area contributed by atoms with Crippen molar-refractivity contribution in [2.24, 2.45) is 4.99 Å². The van der Waals surface area contributed by atoms with Crippen LogP contribution in [0.4, 0.5) is 15.8 Å². The van der Waals surface area contributed by atoms with Gasteiger partial charge in [0.05, 0.1) is 31.3 Å². The van der Waals surface area contributed by atoms with Gasteiger partial charge in [-0.2, -0.15) is 0 Å². The van der Waals surface area contributed by atoms with Crippen LogP contribution in [0.2, 0.25) is 0 Å². The Balaban J connectivity index is 1.70. The van der Waals surface area contributed by atoms with Crippen LogP contribution in [0.3, 0.4) is 0 Å². The number of aliphatic imine (C=N–C) groups is 1. The van der Waals surface area contributed by atoms with Gasteiger partial charge in [0.25, 0.3) is 5.91 Å². The molecule has 2 heterocycles. The fourth-order valence-corrected chi connectivity index (χ4v) is 3.12. The monoisotopic (exact) mass is 339 g/mol. The molecule has 0 aromatic heterocycles. The number of fused-ring (bicyclic) bond motifs is 1. The largest absolute Gasteiger partial charge is 0.379 e. The molecule has 2 aromatic carbocycles. The van der Waals surface area contributed by atoms with Gasteiger partial charge in [-0.05, 0) is 18.2 Å². The van der Waals surface area contributed by atoms with E-state index >= 15 is 0 Å². The van der Waals surface area contributed by atoms with Gasteiger partial charge in [-0.1, -0.05) is 30.3 Å². The number of anilines is 1. The Kier molecular flexibility index (Phi) is 4.29. The van der Waals surface area contributed by atoms with Gasteiger partial charge in [-0.3, -0.25) is 14.6 Å². The average Bonchev–Trinajstić information content (AvgIpc) is 2.90. The highest BCUT2D eigenvalue weighted by atomic mass is 19.1. The van der Waals surface area contributed by atoms with Gasteiger partial charge < -0.3 is 4.74 Å². The van der Waals surface area contributed by atoms with Crippen molar-refractivity contribution in [3.05, 3.63) is 59.9 Å². The first kappa shape index (κ1) is 15.9. The summed E-state index contributed by atoms with van der Waals surface area (Å²) in [6, 6.07) is 13.7. The van der Waals surface area contributed by atoms with Crippen molar-refractivity contribution in [1.29, 1.82) is 0 Å². The summed E-state index contributed by atoms with van der Waals surface area (Å²) in [6.07, 6.45) is 0. The van der Waals surface area contributed by atoms with E-state index in [9.17, 15) is 9.18 Å². The minimum atomic E-state index is -0.438. The Morgan fingerprint density at radius 1 is 1.04 bits per heavy atom. The molecule has 6 heteroatoms. The number of benzene rings is 2. The number of morpholine rings is 1. The zero-order valence-corrected chi connectivity index (χ0v) is 13.7. The molecule has 0 bridgehead atoms. The summed E-state index contributed by atoms with van der Waals surface area (Å²) in [5.41, 5.74) is 2.01. The van der Waals surface area contributed by atoms with Crippen molar-refractivity contribution in [2.45, 2.75) is 0 Å². The number of para-hydroxylation sites is 2. The summed E-state index contributed by atoms with van der Waals surface area (Å²) < 4.78 is 19.3. The van der Waals surface area contributed by atoms with E-state index in [1.807, 2.05) is 24.3 Å². The highest BCUT2D eigenvalue weighted by Crippen LogP contribution is 2.31. The predicted molar refractivity (Wildman–Crippen MR) is 93.8 cm³/mol. The van der Waals surface area contributed by atoms with Gasteiger partial charge in [0, 0.05) is 18.7 Å². The fraction of sp³-hybridized carbons (Fsp3) is 0.263. The van der Waals surface area contributed by atoms with Crippen LogP contribution in [-0.2, 0) is 9.53 Å². The molecule has 0 atom stereocenters. The van der Waals surface area contributed by atoms with Crippen LogP contribution in [0.1, 0.15) is 5.56 Å². The molecule has 0 unspecified atom stereocenters. The lowest BCUT2D eigenvalue weighted by Crippen LogP contribution is -2.45. The Morgan fingerprint density at radius 2 is 1.76 bits per heavy atom. The Hall–Kier alpha value is -2.57. The molecule has 2 aliphatic heterocycles. The van der Waals surface area contributed by atoms with E-state index in [0.29, 0.717) is 19.9 Å². The first-order chi connectivity index (χ1) is 12.2. The first-order valence-electron chi connectivity index (χ1n) is 8.28. The number of hydrogen-bond donors (Lipinski definition) is 0. The molecule has 25 heavy (non-hydrogen) atoms. The number of amides is 1. The minimum absolute atomic E-state index is 0.175. The Morgan fingerprint density at radius 3 is 2.56 bits per heavy atom. The van der Waals surface area contributed by atoms with E-state index in [1.165, 1.54) is 6.07 Å². The molecule has 128 valence electrons. The summed E-state index contributed by atoms with van der Waals surface area (Å²) in [4.78, 5) is 21.2. The maximum Gasteiger partial charge on any atom is 0.278 e. The number of carbonyl (C=O) groups excluding carboxylic acids is 1. The third-order valence-electron chi connectivity index (χ3n) is 4.43. The van der Waals surface area contributed by atoms with Crippen molar-refractivity contribution >= 4 is 23.0 Å². The van der Waals surface area contributed by atoms with Crippen molar-refractivity contribution in [3.8, 4) is 0 Å². The third kappa shape index (κ3) is 3.06. The smallest absolute Gasteiger partial charge is 0.278 e. The van der Waals surface area contributed by atoms with Gasteiger partial charge in [0.15, 0.2) is 0 Å². The summed E-state index contributed by atoms with van der Waals surface area (Å²) in [5.74, 6) is -0.636. The number of carbonyl (C=O) groups is 1. The standard InChI is InChI=1S/C19H18FN3O2/c20-15-6-2-3-7-16(15)21-18-14-5-1-4-8-17(14)23(19(18)24)13-22-9-11-25-12-10-22/h1-8H,9-13H2. The maximum absolute atomic E-state index is 14.0. The summed E-state index contributed by atoms with van der Waals surface area (Å²) in [7, 11) is 0. The maximum atomic E-state index is 14.0. The molecule has 0 saturated carbocycles. The summed E-state index contributed by atoms with van der Waals surface area (Å²) >= 11 is 0. The molecule has 1 fully saturated rings. The van der Waals surface area contributed by atoms with Crippen LogP contribution in [0.5, 0.6) is 0 Å². The number of halogens is 1. The molecular formula is C19H18FN3O2.